The van der Waals surface area contributed by atoms with Crippen molar-refractivity contribution in [2.24, 2.45) is 0 Å². The number of halogens is 1. The highest BCUT2D eigenvalue weighted by Crippen LogP contribution is 2.34. The molecular formula is C17H17FN6. The molecule has 0 saturated carbocycles. The largest absolute Gasteiger partial charge is 0.398 e. The number of pyridine rings is 1. The third-order valence-electron chi connectivity index (χ3n) is 3.74. The van der Waals surface area contributed by atoms with Gasteiger partial charge in [0.1, 0.15) is 23.3 Å². The number of nitrogen functional groups attached to an aromatic ring is 2. The summed E-state index contributed by atoms with van der Waals surface area (Å²) in [5, 5.41) is 3.00. The Morgan fingerprint density at radius 2 is 1.83 bits per heavy atom. The Labute approximate surface area is 138 Å². The summed E-state index contributed by atoms with van der Waals surface area (Å²) < 4.78 is 13.1. The average Bonchev–Trinajstić information content (AvgIpc) is 2.55. The maximum absolute atomic E-state index is 13.1. The van der Waals surface area contributed by atoms with Crippen molar-refractivity contribution in [1.82, 2.24) is 15.0 Å². The third kappa shape index (κ3) is 3.24. The van der Waals surface area contributed by atoms with Crippen LogP contribution in [0.3, 0.4) is 0 Å². The number of nitrogens with zero attached hydrogens (tertiary/aromatic N) is 3. The van der Waals surface area contributed by atoms with E-state index in [0.29, 0.717) is 28.7 Å². The number of nitrogens with one attached hydrogen (secondary N) is 1. The lowest BCUT2D eigenvalue weighted by Gasteiger charge is -2.18. The van der Waals surface area contributed by atoms with Crippen molar-refractivity contribution in [3.05, 3.63) is 65.9 Å². The minimum absolute atomic E-state index is 0.108. The molecule has 2 aromatic heterocycles. The molecule has 24 heavy (non-hydrogen) atoms. The van der Waals surface area contributed by atoms with Crippen LogP contribution in [0.15, 0.2) is 48.9 Å². The lowest BCUT2D eigenvalue weighted by molar-refractivity contribution is 0.626. The summed E-state index contributed by atoms with van der Waals surface area (Å²) in [4.78, 5) is 12.4. The van der Waals surface area contributed by atoms with E-state index in [2.05, 4.69) is 20.3 Å². The normalized spacial score (nSPS) is 11.9. The first-order valence-electron chi connectivity index (χ1n) is 7.39. The fourth-order valence-corrected chi connectivity index (χ4v) is 2.54. The van der Waals surface area contributed by atoms with Crippen LogP contribution in [-0.2, 0) is 0 Å². The average molecular weight is 324 g/mol. The molecule has 3 rings (SSSR count). The van der Waals surface area contributed by atoms with Crippen LogP contribution < -0.4 is 16.8 Å². The van der Waals surface area contributed by atoms with Gasteiger partial charge in [0.15, 0.2) is 0 Å². The van der Waals surface area contributed by atoms with Gasteiger partial charge in [-0.1, -0.05) is 19.1 Å². The van der Waals surface area contributed by atoms with E-state index in [0.717, 1.165) is 5.56 Å². The fraction of sp³-hybridized carbons (Fsp3) is 0.118. The van der Waals surface area contributed by atoms with E-state index in [4.69, 9.17) is 11.5 Å². The van der Waals surface area contributed by atoms with Crippen molar-refractivity contribution in [1.29, 1.82) is 0 Å². The number of anilines is 4. The molecule has 3 aromatic rings. The zero-order valence-electron chi connectivity index (χ0n) is 13.1. The van der Waals surface area contributed by atoms with Gasteiger partial charge in [0.05, 0.1) is 6.20 Å². The Kier molecular flexibility index (Phi) is 4.24. The molecule has 7 heteroatoms. The van der Waals surface area contributed by atoms with Crippen LogP contribution in [0.25, 0.3) is 0 Å². The smallest absolute Gasteiger partial charge is 0.150 e. The summed E-state index contributed by atoms with van der Waals surface area (Å²) in [5.41, 5.74) is 14.4. The van der Waals surface area contributed by atoms with E-state index in [9.17, 15) is 4.39 Å². The van der Waals surface area contributed by atoms with E-state index in [-0.39, 0.29) is 11.7 Å². The summed E-state index contributed by atoms with van der Waals surface area (Å²) in [6.07, 6.45) is 4.72. The second-order valence-corrected chi connectivity index (χ2v) is 5.38. The second kappa shape index (κ2) is 6.49. The van der Waals surface area contributed by atoms with Crippen molar-refractivity contribution in [2.45, 2.75) is 12.8 Å². The molecule has 0 aliphatic rings. The van der Waals surface area contributed by atoms with Crippen LogP contribution in [0.4, 0.5) is 27.5 Å². The first kappa shape index (κ1) is 15.7. The zero-order valence-corrected chi connectivity index (χ0v) is 13.1. The molecule has 0 aliphatic heterocycles. The van der Waals surface area contributed by atoms with Crippen molar-refractivity contribution in [3.63, 3.8) is 0 Å². The Bertz CT molecular complexity index is 812. The van der Waals surface area contributed by atoms with Crippen molar-refractivity contribution >= 4 is 23.1 Å². The Morgan fingerprint density at radius 1 is 1.08 bits per heavy atom. The monoisotopic (exact) mass is 324 g/mol. The minimum atomic E-state index is -0.284. The lowest BCUT2D eigenvalue weighted by Crippen LogP contribution is -2.09. The van der Waals surface area contributed by atoms with Crippen LogP contribution in [-0.4, -0.2) is 15.0 Å². The molecule has 122 valence electrons. The van der Waals surface area contributed by atoms with Gasteiger partial charge in [0.25, 0.3) is 0 Å². The molecule has 0 radical (unpaired) electrons. The molecule has 0 bridgehead atoms. The predicted octanol–water partition coefficient (Wildman–Crippen LogP) is 3.07. The van der Waals surface area contributed by atoms with Gasteiger partial charge < -0.3 is 16.8 Å². The quantitative estimate of drug-likeness (QED) is 0.681. The number of nitrogens with two attached hydrogens (primary N) is 2. The second-order valence-electron chi connectivity index (χ2n) is 5.38. The predicted molar refractivity (Wildman–Crippen MR) is 92.3 cm³/mol. The third-order valence-corrected chi connectivity index (χ3v) is 3.74. The van der Waals surface area contributed by atoms with Gasteiger partial charge in [-0.25, -0.2) is 14.4 Å². The SMILES string of the molecule is CC(c1ccc(F)cc1)c1c(N)cc(Nc2cnccn2)nc1N. The number of hydrogen-bond acceptors (Lipinski definition) is 6. The van der Waals surface area contributed by atoms with Crippen LogP contribution in [0.5, 0.6) is 0 Å². The first-order chi connectivity index (χ1) is 11.5. The Hall–Kier alpha value is -3.22. The van der Waals surface area contributed by atoms with Gasteiger partial charge in [0.2, 0.25) is 0 Å². The maximum Gasteiger partial charge on any atom is 0.150 e. The van der Waals surface area contributed by atoms with E-state index in [1.165, 1.54) is 12.1 Å². The molecule has 0 amide bonds. The summed E-state index contributed by atoms with van der Waals surface area (Å²) >= 11 is 0. The standard InChI is InChI=1S/C17H17FN6/c1-10(11-2-4-12(18)5-3-11)16-13(19)8-14(24-17(16)20)23-15-9-21-6-7-22-15/h2-10H,1H3,(H5,19,20,22,23,24). The Balaban J connectivity index is 1.91. The summed E-state index contributed by atoms with van der Waals surface area (Å²) in [7, 11) is 0. The van der Waals surface area contributed by atoms with Crippen LogP contribution in [0.1, 0.15) is 24.0 Å². The van der Waals surface area contributed by atoms with Crippen molar-refractivity contribution < 1.29 is 4.39 Å². The van der Waals surface area contributed by atoms with E-state index in [1.807, 2.05) is 6.92 Å². The van der Waals surface area contributed by atoms with E-state index < -0.39 is 0 Å². The molecule has 0 fully saturated rings. The number of benzene rings is 1. The number of hydrogen-bond donors (Lipinski definition) is 3. The summed E-state index contributed by atoms with van der Waals surface area (Å²) in [5.74, 6) is 0.958. The molecule has 0 saturated heterocycles. The van der Waals surface area contributed by atoms with E-state index in [1.54, 1.807) is 36.8 Å². The number of rotatable bonds is 4. The van der Waals surface area contributed by atoms with E-state index >= 15 is 0 Å². The molecule has 2 heterocycles. The molecule has 5 N–H and O–H groups in total. The van der Waals surface area contributed by atoms with Crippen LogP contribution >= 0.6 is 0 Å². The minimum Gasteiger partial charge on any atom is -0.398 e. The maximum atomic E-state index is 13.1. The van der Waals surface area contributed by atoms with Gasteiger partial charge in [-0.2, -0.15) is 0 Å². The molecule has 6 nitrogen and oxygen atoms in total. The number of aromatic nitrogens is 3. The molecule has 1 aromatic carbocycles. The van der Waals surface area contributed by atoms with Gasteiger partial charge in [-0.15, -0.1) is 0 Å². The zero-order chi connectivity index (χ0) is 17.1. The first-order valence-corrected chi connectivity index (χ1v) is 7.39. The Morgan fingerprint density at radius 3 is 2.46 bits per heavy atom. The van der Waals surface area contributed by atoms with Crippen molar-refractivity contribution in [3.8, 4) is 0 Å². The van der Waals surface area contributed by atoms with Crippen molar-refractivity contribution in [2.75, 3.05) is 16.8 Å². The lowest BCUT2D eigenvalue weighted by atomic mass is 9.92. The van der Waals surface area contributed by atoms with Crippen LogP contribution in [0.2, 0.25) is 0 Å². The van der Waals surface area contributed by atoms with Gasteiger partial charge in [0, 0.05) is 35.6 Å². The molecule has 0 aliphatic carbocycles. The van der Waals surface area contributed by atoms with Gasteiger partial charge in [-0.05, 0) is 17.7 Å². The molecular weight excluding hydrogens is 307 g/mol. The highest BCUT2D eigenvalue weighted by atomic mass is 19.1. The van der Waals surface area contributed by atoms with Crippen LogP contribution in [0, 0.1) is 5.82 Å². The molecule has 1 unspecified atom stereocenters. The molecule has 1 atom stereocenters. The molecule has 0 spiro atoms. The summed E-state index contributed by atoms with van der Waals surface area (Å²) in [6.45, 7) is 1.95. The van der Waals surface area contributed by atoms with Gasteiger partial charge in [-0.3, -0.25) is 4.98 Å². The highest BCUT2D eigenvalue weighted by molar-refractivity contribution is 5.68. The fourth-order valence-electron chi connectivity index (χ4n) is 2.54. The highest BCUT2D eigenvalue weighted by Gasteiger charge is 2.17. The van der Waals surface area contributed by atoms with Gasteiger partial charge >= 0.3 is 0 Å². The topological polar surface area (TPSA) is 103 Å². The summed E-state index contributed by atoms with van der Waals surface area (Å²) in [6, 6.07) is 7.95.